The summed E-state index contributed by atoms with van der Waals surface area (Å²) in [7, 11) is 0. The van der Waals surface area contributed by atoms with Gasteiger partial charge in [0.15, 0.2) is 0 Å². The fourth-order valence-corrected chi connectivity index (χ4v) is 2.68. The van der Waals surface area contributed by atoms with E-state index in [1.54, 1.807) is 13.8 Å². The Balaban J connectivity index is 2.17. The molecule has 1 aromatic carbocycles. The number of nitrogens with zero attached hydrogens (tertiary/aromatic N) is 2. The fraction of sp³-hybridized carbons (Fsp3) is 0.278. The van der Waals surface area contributed by atoms with Crippen LogP contribution in [0.2, 0.25) is 5.02 Å². The monoisotopic (exact) mass is 360 g/mol. The maximum absolute atomic E-state index is 11.6. The summed E-state index contributed by atoms with van der Waals surface area (Å²) in [5.41, 5.74) is 5.83. The summed E-state index contributed by atoms with van der Waals surface area (Å²) in [4.78, 5) is 23.2. The minimum atomic E-state index is -0.801. The highest BCUT2D eigenvalue weighted by molar-refractivity contribution is 6.35. The molecular weight excluding hydrogens is 340 g/mol. The van der Waals surface area contributed by atoms with Gasteiger partial charge in [0.1, 0.15) is 0 Å². The van der Waals surface area contributed by atoms with Crippen molar-refractivity contribution in [3.8, 4) is 5.69 Å². The largest absolute Gasteiger partial charge is 0.346 e. The zero-order valence-corrected chi connectivity index (χ0v) is 15.4. The molecule has 7 heteroatoms. The van der Waals surface area contributed by atoms with Gasteiger partial charge in [-0.05, 0) is 45.9 Å². The quantitative estimate of drug-likeness (QED) is 0.499. The van der Waals surface area contributed by atoms with E-state index in [0.29, 0.717) is 5.02 Å². The van der Waals surface area contributed by atoms with Crippen LogP contribution in [0.3, 0.4) is 0 Å². The number of aromatic nitrogens is 1. The lowest BCUT2D eigenvalue weighted by atomic mass is 10.2. The van der Waals surface area contributed by atoms with Gasteiger partial charge >= 0.3 is 11.8 Å². The van der Waals surface area contributed by atoms with E-state index >= 15 is 0 Å². The highest BCUT2D eigenvalue weighted by Crippen LogP contribution is 2.25. The number of carbonyl (C=O) groups excluding carboxylic acids is 2. The SMILES string of the molecule is Cc1cc(/C=N\NC(=O)C(=O)NC(C)C)c(C)n1-c1ccccc1Cl. The molecular formula is C18H21ClN4O2. The van der Waals surface area contributed by atoms with Crippen molar-refractivity contribution in [2.75, 3.05) is 0 Å². The van der Waals surface area contributed by atoms with Crippen molar-refractivity contribution in [2.45, 2.75) is 33.7 Å². The Hall–Kier alpha value is -2.60. The number of rotatable bonds is 4. The molecule has 2 N–H and O–H groups in total. The third kappa shape index (κ3) is 4.48. The van der Waals surface area contributed by atoms with Crippen LogP contribution in [0.15, 0.2) is 35.4 Å². The van der Waals surface area contributed by atoms with Crippen molar-refractivity contribution in [3.05, 3.63) is 52.3 Å². The minimum absolute atomic E-state index is 0.114. The molecule has 2 amide bonds. The van der Waals surface area contributed by atoms with Gasteiger partial charge < -0.3 is 9.88 Å². The first kappa shape index (κ1) is 18.7. The van der Waals surface area contributed by atoms with Gasteiger partial charge in [-0.1, -0.05) is 23.7 Å². The van der Waals surface area contributed by atoms with Crippen LogP contribution in [0, 0.1) is 13.8 Å². The molecule has 25 heavy (non-hydrogen) atoms. The van der Waals surface area contributed by atoms with Crippen LogP contribution < -0.4 is 10.7 Å². The number of hydrazone groups is 1. The molecule has 0 radical (unpaired) electrons. The Labute approximate surface area is 151 Å². The number of hydrogen-bond donors (Lipinski definition) is 2. The number of nitrogens with one attached hydrogen (secondary N) is 2. The summed E-state index contributed by atoms with van der Waals surface area (Å²) in [6.45, 7) is 7.45. The molecule has 0 atom stereocenters. The lowest BCUT2D eigenvalue weighted by Gasteiger charge is -2.11. The van der Waals surface area contributed by atoms with E-state index in [2.05, 4.69) is 15.8 Å². The van der Waals surface area contributed by atoms with Gasteiger partial charge in [-0.15, -0.1) is 0 Å². The summed E-state index contributed by atoms with van der Waals surface area (Å²) >= 11 is 6.28. The number of hydrogen-bond acceptors (Lipinski definition) is 3. The topological polar surface area (TPSA) is 75.5 Å². The van der Waals surface area contributed by atoms with Crippen molar-refractivity contribution >= 4 is 29.6 Å². The molecule has 1 heterocycles. The summed E-state index contributed by atoms with van der Waals surface area (Å²) in [6, 6.07) is 9.37. The van der Waals surface area contributed by atoms with E-state index in [9.17, 15) is 9.59 Å². The van der Waals surface area contributed by atoms with Gasteiger partial charge in [0.05, 0.1) is 16.9 Å². The number of halogens is 1. The second-order valence-electron chi connectivity index (χ2n) is 5.94. The molecule has 0 bridgehead atoms. The standard InChI is InChI=1S/C18H21ClN4O2/c1-11(2)21-17(24)18(25)22-20-10-14-9-12(3)23(13(14)4)16-8-6-5-7-15(16)19/h5-11H,1-4H3,(H,21,24)(H,22,25)/b20-10-. The maximum atomic E-state index is 11.6. The predicted octanol–water partition coefficient (Wildman–Crippen LogP) is 2.72. The number of benzene rings is 1. The summed E-state index contributed by atoms with van der Waals surface area (Å²) < 4.78 is 2.01. The Morgan fingerprint density at radius 1 is 1.20 bits per heavy atom. The average molecular weight is 361 g/mol. The number of carbonyl (C=O) groups is 2. The van der Waals surface area contributed by atoms with E-state index in [1.807, 2.05) is 48.7 Å². The van der Waals surface area contributed by atoms with Gasteiger partial charge in [-0.3, -0.25) is 9.59 Å². The van der Waals surface area contributed by atoms with Gasteiger partial charge in [0.25, 0.3) is 0 Å². The second kappa shape index (κ2) is 7.98. The van der Waals surface area contributed by atoms with Crippen molar-refractivity contribution in [1.29, 1.82) is 0 Å². The molecule has 0 fully saturated rings. The molecule has 0 spiro atoms. The molecule has 2 aromatic rings. The Bertz CT molecular complexity index is 824. The van der Waals surface area contributed by atoms with Crippen LogP contribution in [0.25, 0.3) is 5.69 Å². The minimum Gasteiger partial charge on any atom is -0.346 e. The summed E-state index contributed by atoms with van der Waals surface area (Å²) in [6.07, 6.45) is 1.51. The van der Waals surface area contributed by atoms with Crippen molar-refractivity contribution < 1.29 is 9.59 Å². The first-order chi connectivity index (χ1) is 11.8. The molecule has 6 nitrogen and oxygen atoms in total. The second-order valence-corrected chi connectivity index (χ2v) is 6.35. The fourth-order valence-electron chi connectivity index (χ4n) is 2.46. The molecule has 0 saturated carbocycles. The maximum Gasteiger partial charge on any atom is 0.329 e. The Morgan fingerprint density at radius 2 is 1.88 bits per heavy atom. The van der Waals surface area contributed by atoms with Crippen LogP contribution in [-0.4, -0.2) is 28.6 Å². The van der Waals surface area contributed by atoms with Gasteiger partial charge in [0, 0.05) is 23.0 Å². The zero-order chi connectivity index (χ0) is 18.6. The smallest absolute Gasteiger partial charge is 0.329 e. The van der Waals surface area contributed by atoms with E-state index in [-0.39, 0.29) is 6.04 Å². The Kier molecular flexibility index (Phi) is 5.98. The highest BCUT2D eigenvalue weighted by Gasteiger charge is 2.14. The van der Waals surface area contributed by atoms with Gasteiger partial charge in [-0.25, -0.2) is 5.43 Å². The normalized spacial score (nSPS) is 11.1. The molecule has 2 rings (SSSR count). The van der Waals surface area contributed by atoms with Crippen LogP contribution in [0.5, 0.6) is 0 Å². The number of amides is 2. The molecule has 0 saturated heterocycles. The Morgan fingerprint density at radius 3 is 2.52 bits per heavy atom. The highest BCUT2D eigenvalue weighted by atomic mass is 35.5. The third-order valence-corrected chi connectivity index (χ3v) is 3.88. The number of aryl methyl sites for hydroxylation is 1. The van der Waals surface area contributed by atoms with E-state index in [4.69, 9.17) is 11.6 Å². The van der Waals surface area contributed by atoms with Crippen LogP contribution in [0.4, 0.5) is 0 Å². The third-order valence-electron chi connectivity index (χ3n) is 3.56. The van der Waals surface area contributed by atoms with E-state index in [1.165, 1.54) is 6.21 Å². The number of para-hydroxylation sites is 1. The van der Waals surface area contributed by atoms with Crippen LogP contribution >= 0.6 is 11.6 Å². The summed E-state index contributed by atoms with van der Waals surface area (Å²) in [5.74, 6) is -1.52. The first-order valence-electron chi connectivity index (χ1n) is 7.89. The molecule has 0 aliphatic heterocycles. The lowest BCUT2D eigenvalue weighted by Crippen LogP contribution is -2.41. The van der Waals surface area contributed by atoms with Crippen molar-refractivity contribution in [3.63, 3.8) is 0 Å². The predicted molar refractivity (Wildman–Crippen MR) is 99.3 cm³/mol. The first-order valence-corrected chi connectivity index (χ1v) is 8.26. The average Bonchev–Trinajstić information content (AvgIpc) is 2.81. The van der Waals surface area contributed by atoms with Crippen LogP contribution in [-0.2, 0) is 9.59 Å². The van der Waals surface area contributed by atoms with Gasteiger partial charge in [-0.2, -0.15) is 5.10 Å². The molecule has 1 aromatic heterocycles. The van der Waals surface area contributed by atoms with Gasteiger partial charge in [0.2, 0.25) is 0 Å². The summed E-state index contributed by atoms with van der Waals surface area (Å²) in [5, 5.41) is 7.01. The van der Waals surface area contributed by atoms with Crippen molar-refractivity contribution in [2.24, 2.45) is 5.10 Å². The molecule has 0 aliphatic rings. The molecule has 0 aliphatic carbocycles. The lowest BCUT2D eigenvalue weighted by molar-refractivity contribution is -0.139. The van der Waals surface area contributed by atoms with E-state index < -0.39 is 11.8 Å². The molecule has 0 unspecified atom stereocenters. The van der Waals surface area contributed by atoms with Crippen molar-refractivity contribution in [1.82, 2.24) is 15.3 Å². The molecule has 132 valence electrons. The zero-order valence-electron chi connectivity index (χ0n) is 14.6. The van der Waals surface area contributed by atoms with Crippen LogP contribution in [0.1, 0.15) is 30.8 Å². The van der Waals surface area contributed by atoms with E-state index in [0.717, 1.165) is 22.6 Å².